The molecule has 0 amide bonds. The van der Waals surface area contributed by atoms with Crippen molar-refractivity contribution in [3.8, 4) is 0 Å². The van der Waals surface area contributed by atoms with Gasteiger partial charge in [0.1, 0.15) is 0 Å². The van der Waals surface area contributed by atoms with E-state index in [2.05, 4.69) is 50.4 Å². The summed E-state index contributed by atoms with van der Waals surface area (Å²) in [5, 5.41) is 3.55. The molecule has 90 valence electrons. The van der Waals surface area contributed by atoms with Gasteiger partial charge in [-0.2, -0.15) is 0 Å². The Kier molecular flexibility index (Phi) is 4.97. The molecule has 1 atom stereocenters. The van der Waals surface area contributed by atoms with Crippen LogP contribution in [0, 0.1) is 5.41 Å². The van der Waals surface area contributed by atoms with E-state index in [0.717, 1.165) is 6.54 Å². The Morgan fingerprint density at radius 2 is 1.81 bits per heavy atom. The lowest BCUT2D eigenvalue weighted by molar-refractivity contribution is 0.161. The van der Waals surface area contributed by atoms with Crippen LogP contribution >= 0.6 is 0 Å². The van der Waals surface area contributed by atoms with Crippen molar-refractivity contribution in [2.75, 3.05) is 20.3 Å². The van der Waals surface area contributed by atoms with Gasteiger partial charge in [0.05, 0.1) is 12.6 Å². The first-order valence-electron chi connectivity index (χ1n) is 5.80. The van der Waals surface area contributed by atoms with Crippen LogP contribution in [-0.2, 0) is 4.74 Å². The quantitative estimate of drug-likeness (QED) is 0.825. The highest BCUT2D eigenvalue weighted by Gasteiger charge is 2.15. The average molecular weight is 221 g/mol. The van der Waals surface area contributed by atoms with E-state index in [0.29, 0.717) is 12.0 Å². The van der Waals surface area contributed by atoms with Crippen molar-refractivity contribution in [2.45, 2.75) is 26.8 Å². The van der Waals surface area contributed by atoms with E-state index in [9.17, 15) is 0 Å². The summed E-state index contributed by atoms with van der Waals surface area (Å²) in [5.41, 5.74) is 1.58. The number of hydrogen-bond donors (Lipinski definition) is 1. The van der Waals surface area contributed by atoms with E-state index in [1.807, 2.05) is 6.07 Å². The van der Waals surface area contributed by atoms with Crippen molar-refractivity contribution >= 4 is 0 Å². The van der Waals surface area contributed by atoms with E-state index >= 15 is 0 Å². The third-order valence-electron chi connectivity index (χ3n) is 2.41. The minimum atomic E-state index is 0.283. The molecule has 0 aromatic heterocycles. The molecule has 2 heteroatoms. The molecular formula is C14H23NO. The molecular weight excluding hydrogens is 198 g/mol. The van der Waals surface area contributed by atoms with Crippen LogP contribution in [0.5, 0.6) is 0 Å². The van der Waals surface area contributed by atoms with Crippen molar-refractivity contribution in [2.24, 2.45) is 5.41 Å². The summed E-state index contributed by atoms with van der Waals surface area (Å²) in [6.07, 6.45) is 0. The van der Waals surface area contributed by atoms with Gasteiger partial charge in [-0.05, 0) is 11.0 Å². The molecule has 0 saturated heterocycles. The Balaban J connectivity index is 2.61. The number of ether oxygens (including phenoxy) is 1. The van der Waals surface area contributed by atoms with E-state index < -0.39 is 0 Å². The molecule has 0 spiro atoms. The first kappa shape index (κ1) is 13.2. The predicted octanol–water partition coefficient (Wildman–Crippen LogP) is 3.01. The number of methoxy groups -OCH3 is 1. The molecule has 1 aromatic carbocycles. The summed E-state index contributed by atoms with van der Waals surface area (Å²) < 4.78 is 5.26. The molecule has 1 N–H and O–H groups in total. The Morgan fingerprint density at radius 3 is 2.31 bits per heavy atom. The minimum absolute atomic E-state index is 0.283. The van der Waals surface area contributed by atoms with E-state index in [1.54, 1.807) is 7.11 Å². The van der Waals surface area contributed by atoms with Gasteiger partial charge >= 0.3 is 0 Å². The maximum absolute atomic E-state index is 5.26. The SMILES string of the molecule is COCC(NCC(C)(C)C)c1ccccc1. The largest absolute Gasteiger partial charge is 0.383 e. The fourth-order valence-corrected chi connectivity index (χ4v) is 1.55. The van der Waals surface area contributed by atoms with Gasteiger partial charge in [-0.1, -0.05) is 51.1 Å². The Hall–Kier alpha value is -0.860. The van der Waals surface area contributed by atoms with Crippen LogP contribution in [0.3, 0.4) is 0 Å². The Labute approximate surface area is 99.0 Å². The molecule has 0 aliphatic heterocycles. The maximum Gasteiger partial charge on any atom is 0.0657 e. The van der Waals surface area contributed by atoms with Crippen molar-refractivity contribution in [3.63, 3.8) is 0 Å². The summed E-state index contributed by atoms with van der Waals surface area (Å²) in [6, 6.07) is 10.7. The highest BCUT2D eigenvalue weighted by molar-refractivity contribution is 5.18. The van der Waals surface area contributed by atoms with Gasteiger partial charge in [-0.25, -0.2) is 0 Å². The van der Waals surface area contributed by atoms with Crippen LogP contribution in [0.1, 0.15) is 32.4 Å². The van der Waals surface area contributed by atoms with Crippen LogP contribution in [0.4, 0.5) is 0 Å². The second kappa shape index (κ2) is 6.02. The topological polar surface area (TPSA) is 21.3 Å². The van der Waals surface area contributed by atoms with Gasteiger partial charge in [0.2, 0.25) is 0 Å². The summed E-state index contributed by atoms with van der Waals surface area (Å²) in [5.74, 6) is 0. The molecule has 0 bridgehead atoms. The molecule has 0 heterocycles. The van der Waals surface area contributed by atoms with Gasteiger partial charge in [-0.3, -0.25) is 0 Å². The number of benzene rings is 1. The molecule has 1 unspecified atom stereocenters. The monoisotopic (exact) mass is 221 g/mol. The molecule has 0 aliphatic rings. The zero-order valence-corrected chi connectivity index (χ0v) is 10.8. The number of nitrogens with one attached hydrogen (secondary N) is 1. The second-order valence-corrected chi connectivity index (χ2v) is 5.36. The van der Waals surface area contributed by atoms with Crippen LogP contribution in [0.15, 0.2) is 30.3 Å². The molecule has 2 nitrogen and oxygen atoms in total. The fraction of sp³-hybridized carbons (Fsp3) is 0.571. The lowest BCUT2D eigenvalue weighted by Crippen LogP contribution is -2.32. The smallest absolute Gasteiger partial charge is 0.0657 e. The number of hydrogen-bond acceptors (Lipinski definition) is 2. The van der Waals surface area contributed by atoms with E-state index in [4.69, 9.17) is 4.74 Å². The number of rotatable bonds is 5. The highest BCUT2D eigenvalue weighted by atomic mass is 16.5. The first-order valence-corrected chi connectivity index (χ1v) is 5.80. The van der Waals surface area contributed by atoms with Gasteiger partial charge < -0.3 is 10.1 Å². The fourth-order valence-electron chi connectivity index (χ4n) is 1.55. The van der Waals surface area contributed by atoms with Crippen LogP contribution in [0.25, 0.3) is 0 Å². The van der Waals surface area contributed by atoms with Gasteiger partial charge in [-0.15, -0.1) is 0 Å². The van der Waals surface area contributed by atoms with Gasteiger partial charge in [0, 0.05) is 13.7 Å². The second-order valence-electron chi connectivity index (χ2n) is 5.36. The van der Waals surface area contributed by atoms with Crippen LogP contribution < -0.4 is 5.32 Å². The molecule has 0 saturated carbocycles. The summed E-state index contributed by atoms with van der Waals surface area (Å²) in [7, 11) is 1.74. The lowest BCUT2D eigenvalue weighted by atomic mass is 9.96. The van der Waals surface area contributed by atoms with Crippen molar-refractivity contribution in [1.29, 1.82) is 0 Å². The third-order valence-corrected chi connectivity index (χ3v) is 2.41. The van der Waals surface area contributed by atoms with Crippen molar-refractivity contribution in [1.82, 2.24) is 5.32 Å². The third kappa shape index (κ3) is 4.77. The Morgan fingerprint density at radius 1 is 1.19 bits per heavy atom. The minimum Gasteiger partial charge on any atom is -0.383 e. The Bertz CT molecular complexity index is 289. The maximum atomic E-state index is 5.26. The molecule has 0 radical (unpaired) electrons. The first-order chi connectivity index (χ1) is 7.53. The van der Waals surface area contributed by atoms with E-state index in [1.165, 1.54) is 5.56 Å². The molecule has 16 heavy (non-hydrogen) atoms. The lowest BCUT2D eigenvalue weighted by Gasteiger charge is -2.24. The normalized spacial score (nSPS) is 13.8. The van der Waals surface area contributed by atoms with E-state index in [-0.39, 0.29) is 6.04 Å². The summed E-state index contributed by atoms with van der Waals surface area (Å²) in [4.78, 5) is 0. The van der Waals surface area contributed by atoms with Gasteiger partial charge in [0.15, 0.2) is 0 Å². The molecule has 1 rings (SSSR count). The van der Waals surface area contributed by atoms with Crippen molar-refractivity contribution < 1.29 is 4.74 Å². The molecule has 0 aliphatic carbocycles. The summed E-state index contributed by atoms with van der Waals surface area (Å²) in [6.45, 7) is 8.38. The summed E-state index contributed by atoms with van der Waals surface area (Å²) >= 11 is 0. The zero-order chi connectivity index (χ0) is 12.0. The zero-order valence-electron chi connectivity index (χ0n) is 10.8. The average Bonchev–Trinajstić information content (AvgIpc) is 2.24. The van der Waals surface area contributed by atoms with Crippen molar-refractivity contribution in [3.05, 3.63) is 35.9 Å². The van der Waals surface area contributed by atoms with Crippen LogP contribution in [0.2, 0.25) is 0 Å². The van der Waals surface area contributed by atoms with Crippen LogP contribution in [-0.4, -0.2) is 20.3 Å². The molecule has 1 aromatic rings. The van der Waals surface area contributed by atoms with Gasteiger partial charge in [0.25, 0.3) is 0 Å². The molecule has 0 fully saturated rings. The predicted molar refractivity (Wildman–Crippen MR) is 68.5 cm³/mol. The standard InChI is InChI=1S/C14H23NO/c1-14(2,3)11-15-13(10-16-4)12-8-6-5-7-9-12/h5-9,13,15H,10-11H2,1-4H3. The highest BCUT2D eigenvalue weighted by Crippen LogP contribution is 2.16.